The molecule has 3 nitrogen and oxygen atoms in total. The average Bonchev–Trinajstić information content (AvgIpc) is 0.811. The van der Waals surface area contributed by atoms with Gasteiger partial charge in [-0.25, -0.2) is 0 Å². The fourth-order valence-corrected chi connectivity index (χ4v) is 0. The van der Waals surface area contributed by atoms with Crippen LogP contribution in [0.5, 0.6) is 0 Å². The van der Waals surface area contributed by atoms with Gasteiger partial charge in [-0.3, -0.25) is 18.8 Å². The molecule has 1 atom stereocenters. The van der Waals surface area contributed by atoms with Gasteiger partial charge in [-0.1, -0.05) is 0 Å². The molecule has 0 rings (SSSR count). The van der Waals surface area contributed by atoms with E-state index in [1.807, 2.05) is 0 Å². The van der Waals surface area contributed by atoms with Crippen LogP contribution in [0.2, 0.25) is 0 Å². The van der Waals surface area contributed by atoms with Gasteiger partial charge in [0.1, 0.15) is 0 Å². The summed E-state index contributed by atoms with van der Waals surface area (Å²) >= 11 is 0. The Morgan fingerprint density at radius 1 is 0.667 bits per heavy atom. The van der Waals surface area contributed by atoms with Gasteiger partial charge in [0.05, 0.1) is 0 Å². The largest absolute Gasteiger partial charge is 0.631 e. The molecule has 0 saturated carbocycles. The first-order valence-electron chi connectivity index (χ1n) is 0.775. The van der Waals surface area contributed by atoms with E-state index in [-0.39, 0.29) is 28.7 Å². The molecule has 0 spiro atoms. The van der Waals surface area contributed by atoms with Crippen LogP contribution in [-0.2, 0) is 0 Å². The van der Waals surface area contributed by atoms with Gasteiger partial charge in [0, 0.05) is 0 Å². The quantitative estimate of drug-likeness (QED) is 0.242. The topological polar surface area (TPSA) is 60.7 Å². The number of rotatable bonds is 0. The Morgan fingerprint density at radius 3 is 0.667 bits per heavy atom. The van der Waals surface area contributed by atoms with Gasteiger partial charge < -0.3 is 15.1 Å². The third kappa shape index (κ3) is 33400. The van der Waals surface area contributed by atoms with Crippen LogP contribution in [0.1, 0.15) is 0 Å². The van der Waals surface area contributed by atoms with E-state index in [1.165, 1.54) is 0 Å². The minimum atomic E-state index is -2.17. The Morgan fingerprint density at radius 2 is 0.667 bits per heavy atom. The van der Waals surface area contributed by atoms with E-state index < -0.39 is 7.32 Å². The lowest BCUT2D eigenvalue weighted by Gasteiger charge is -1.69. The lowest BCUT2D eigenvalue weighted by atomic mass is 10.3. The first-order chi connectivity index (χ1) is 1.73. The van der Waals surface area contributed by atoms with Crippen LogP contribution in [0.4, 0.5) is 18.8 Å². The Balaban J connectivity index is -0.00000000450. The number of hydrogen-bond acceptors (Lipinski definition) is 3. The Bertz CT molecular complexity index is 20.5. The molecule has 0 aromatic rings. The molecular formula is H10BF4O3P. The van der Waals surface area contributed by atoms with Gasteiger partial charge in [-0.2, -0.15) is 9.90 Å². The predicted molar refractivity (Wildman–Crippen MR) is 33.5 cm³/mol. The third-order valence-corrected chi connectivity index (χ3v) is 0. The summed E-state index contributed by atoms with van der Waals surface area (Å²) in [6.07, 6.45) is 0. The van der Waals surface area contributed by atoms with Crippen LogP contribution < -0.4 is 0 Å². The van der Waals surface area contributed by atoms with Crippen molar-refractivity contribution in [1.82, 2.24) is 0 Å². The maximum Gasteiger partial charge on any atom is 0.631 e. The highest BCUT2D eigenvalue weighted by Gasteiger charge is 1.92. The number of hydrogen-bond donors (Lipinski definition) is 3. The Hall–Kier alpha value is 0.0949. The fraction of sp³-hybridized carbons (Fsp3) is 0. The summed E-state index contributed by atoms with van der Waals surface area (Å²) in [5, 5.41) is 21.5. The lowest BCUT2D eigenvalue weighted by molar-refractivity contribution is 0.278. The molecule has 0 radical (unpaired) electrons. The second-order valence-electron chi connectivity index (χ2n) is 0.346. The molecule has 0 aliphatic carbocycles. The van der Waals surface area contributed by atoms with E-state index in [2.05, 4.69) is 0 Å². The number of halogens is 4. The molecule has 64 valence electrons. The smallest absolute Gasteiger partial charge is 0.402 e. The van der Waals surface area contributed by atoms with Crippen LogP contribution in [0.3, 0.4) is 0 Å². The van der Waals surface area contributed by atoms with E-state index in [1.54, 1.807) is 0 Å². The van der Waals surface area contributed by atoms with Gasteiger partial charge in [0.2, 0.25) is 0 Å². The molecule has 3 N–H and O–H groups in total. The van der Waals surface area contributed by atoms with Gasteiger partial charge in [0.25, 0.3) is 0 Å². The van der Waals surface area contributed by atoms with Gasteiger partial charge in [-0.05, 0) is 0 Å². The van der Waals surface area contributed by atoms with Crippen LogP contribution in [0, 0.1) is 0 Å². The summed E-state index contributed by atoms with van der Waals surface area (Å²) < 4.78 is 0. The molecule has 9 heavy (non-hydrogen) atoms. The third-order valence-electron chi connectivity index (χ3n) is 0. The van der Waals surface area contributed by atoms with Crippen LogP contribution in [0.25, 0.3) is 0 Å². The van der Waals surface area contributed by atoms with Crippen molar-refractivity contribution < 1.29 is 33.9 Å². The van der Waals surface area contributed by atoms with E-state index in [0.29, 0.717) is 0 Å². The zero-order valence-electron chi connectivity index (χ0n) is 4.26. The molecule has 9 heteroatoms. The Labute approximate surface area is 52.4 Å². The van der Waals surface area contributed by atoms with Crippen LogP contribution in [-0.4, -0.2) is 22.4 Å². The van der Waals surface area contributed by atoms with Gasteiger partial charge in [-0.15, -0.1) is 0 Å². The van der Waals surface area contributed by atoms with Crippen molar-refractivity contribution in [2.75, 3.05) is 0 Å². The summed E-state index contributed by atoms with van der Waals surface area (Å²) in [5.41, 5.74) is 0. The molecule has 1 unspecified atom stereocenters. The van der Waals surface area contributed by atoms with Crippen molar-refractivity contribution in [3.05, 3.63) is 0 Å². The predicted octanol–water partition coefficient (Wildman–Crippen LogP) is -1.38. The van der Waals surface area contributed by atoms with Crippen molar-refractivity contribution in [2.24, 2.45) is 0 Å². The first-order valence-corrected chi connectivity index (χ1v) is 0.775. The second-order valence-corrected chi connectivity index (χ2v) is 0.346. The molecule has 0 fully saturated rings. The highest BCUT2D eigenvalue weighted by molar-refractivity contribution is 6.92. The summed E-state index contributed by atoms with van der Waals surface area (Å²) in [4.78, 5) is 0. The standard InChI is InChI=1S/BH3O3.4FH.H3P/c2-1(3)4;;;;;/h2-4H;4*1H;1H3. The van der Waals surface area contributed by atoms with E-state index >= 15 is 0 Å². The van der Waals surface area contributed by atoms with Crippen molar-refractivity contribution in [1.29, 1.82) is 0 Å². The summed E-state index contributed by atoms with van der Waals surface area (Å²) in [6.45, 7) is 0. The van der Waals surface area contributed by atoms with Crippen molar-refractivity contribution >= 4 is 17.2 Å². The minimum absolute atomic E-state index is 0. The molecule has 0 aromatic heterocycles. The van der Waals surface area contributed by atoms with E-state index in [4.69, 9.17) is 15.1 Å². The average molecular weight is 176 g/mol. The normalized spacial score (nSPS) is 3.00. The maximum atomic E-state index is 7.17. The molecule has 0 saturated heterocycles. The first kappa shape index (κ1) is 62.2. The summed E-state index contributed by atoms with van der Waals surface area (Å²) in [6, 6.07) is 0. The van der Waals surface area contributed by atoms with Crippen LogP contribution >= 0.6 is 9.90 Å². The van der Waals surface area contributed by atoms with E-state index in [0.717, 1.165) is 0 Å². The van der Waals surface area contributed by atoms with E-state index in [9.17, 15) is 0 Å². The molecule has 0 amide bonds. The second kappa shape index (κ2) is 42.5. The summed E-state index contributed by atoms with van der Waals surface area (Å²) in [5.74, 6) is 0. The lowest BCUT2D eigenvalue weighted by Crippen LogP contribution is -2.07. The Kier molecular flexibility index (Phi) is 294. The van der Waals surface area contributed by atoms with Gasteiger partial charge in [0.15, 0.2) is 0 Å². The molecule has 0 heterocycles. The minimum Gasteiger partial charge on any atom is -0.402 e. The molecule has 0 bridgehead atoms. The zero-order valence-corrected chi connectivity index (χ0v) is 5.67. The molecular weight excluding hydrogens is 166 g/mol. The van der Waals surface area contributed by atoms with Gasteiger partial charge >= 0.3 is 7.32 Å². The fourth-order valence-electron chi connectivity index (χ4n) is 0. The highest BCUT2D eigenvalue weighted by Crippen LogP contribution is 1.40. The maximum absolute atomic E-state index is 7.17. The summed E-state index contributed by atoms with van der Waals surface area (Å²) in [7, 11) is -2.17. The van der Waals surface area contributed by atoms with Crippen molar-refractivity contribution in [2.45, 2.75) is 0 Å². The van der Waals surface area contributed by atoms with Crippen molar-refractivity contribution in [3.8, 4) is 0 Å². The monoisotopic (exact) mass is 176 g/mol. The van der Waals surface area contributed by atoms with Crippen LogP contribution in [0.15, 0.2) is 0 Å². The highest BCUT2D eigenvalue weighted by atomic mass is 31.0. The molecule has 0 aliphatic rings. The van der Waals surface area contributed by atoms with Crippen molar-refractivity contribution in [3.63, 3.8) is 0 Å². The molecule has 0 aliphatic heterocycles. The molecule has 0 aromatic carbocycles. The zero-order chi connectivity index (χ0) is 3.58. The SMILES string of the molecule is F.F.F.F.OB(O)O.P.